The Labute approximate surface area is 107 Å². The fraction of sp³-hybridized carbons (Fsp3) is 0.200. The van der Waals surface area contributed by atoms with Crippen LogP contribution in [0.2, 0.25) is 0 Å². The molecule has 3 nitrogen and oxygen atoms in total. The van der Waals surface area contributed by atoms with Gasteiger partial charge in [0.2, 0.25) is 0 Å². The van der Waals surface area contributed by atoms with E-state index in [0.717, 1.165) is 17.1 Å². The zero-order valence-electron chi connectivity index (χ0n) is 10.2. The molecule has 94 valence electrons. The molecule has 0 aliphatic heterocycles. The van der Waals surface area contributed by atoms with Gasteiger partial charge in [0.25, 0.3) is 0 Å². The minimum absolute atomic E-state index is 0.482. The van der Waals surface area contributed by atoms with Crippen LogP contribution in [0.3, 0.4) is 0 Å². The normalized spacial score (nSPS) is 10.1. The molecule has 0 aliphatic carbocycles. The van der Waals surface area contributed by atoms with Gasteiger partial charge in [0.1, 0.15) is 24.7 Å². The maximum Gasteiger partial charge on any atom is 0.123 e. The van der Waals surface area contributed by atoms with E-state index in [0.29, 0.717) is 19.8 Å². The molecule has 0 aliphatic rings. The Bertz CT molecular complexity index is 471. The van der Waals surface area contributed by atoms with Crippen LogP contribution in [0.15, 0.2) is 54.6 Å². The molecule has 2 rings (SSSR count). The molecule has 0 atom stereocenters. The summed E-state index contributed by atoms with van der Waals surface area (Å²) in [6.45, 7) is 1.50. The lowest BCUT2D eigenvalue weighted by molar-refractivity contribution is 0.216. The Kier molecular flexibility index (Phi) is 4.61. The summed E-state index contributed by atoms with van der Waals surface area (Å²) in [5, 5.41) is 0. The van der Waals surface area contributed by atoms with Gasteiger partial charge in [-0.2, -0.15) is 0 Å². The lowest BCUT2D eigenvalue weighted by atomic mass is 10.2. The van der Waals surface area contributed by atoms with Crippen molar-refractivity contribution in [3.63, 3.8) is 0 Å². The fourth-order valence-corrected chi connectivity index (χ4v) is 1.64. The van der Waals surface area contributed by atoms with E-state index in [4.69, 9.17) is 15.2 Å². The van der Waals surface area contributed by atoms with Gasteiger partial charge in [-0.3, -0.25) is 0 Å². The van der Waals surface area contributed by atoms with E-state index in [-0.39, 0.29) is 0 Å². The summed E-state index contributed by atoms with van der Waals surface area (Å²) in [6, 6.07) is 17.5. The second kappa shape index (κ2) is 6.67. The Hall–Kier alpha value is -2.00. The summed E-state index contributed by atoms with van der Waals surface area (Å²) in [5.74, 6) is 1.69. The average Bonchev–Trinajstić information content (AvgIpc) is 2.45. The van der Waals surface area contributed by atoms with Crippen molar-refractivity contribution >= 4 is 0 Å². The van der Waals surface area contributed by atoms with Gasteiger partial charge in [-0.25, -0.2) is 0 Å². The summed E-state index contributed by atoms with van der Waals surface area (Å²) in [5.41, 5.74) is 6.65. The summed E-state index contributed by atoms with van der Waals surface area (Å²) < 4.78 is 11.2. The van der Waals surface area contributed by atoms with Crippen LogP contribution in [0.25, 0.3) is 0 Å². The summed E-state index contributed by atoms with van der Waals surface area (Å²) in [4.78, 5) is 0. The molecule has 0 spiro atoms. The van der Waals surface area contributed by atoms with E-state index in [1.165, 1.54) is 0 Å². The van der Waals surface area contributed by atoms with Crippen LogP contribution in [0.5, 0.6) is 11.5 Å². The van der Waals surface area contributed by atoms with Crippen molar-refractivity contribution < 1.29 is 9.47 Å². The van der Waals surface area contributed by atoms with Crippen LogP contribution in [-0.2, 0) is 6.54 Å². The quantitative estimate of drug-likeness (QED) is 0.793. The smallest absolute Gasteiger partial charge is 0.123 e. The molecule has 3 heteroatoms. The SMILES string of the molecule is NCc1ccccc1OCCOc1ccccc1. The Balaban J connectivity index is 1.78. The molecule has 0 unspecified atom stereocenters. The highest BCUT2D eigenvalue weighted by Gasteiger charge is 2.00. The van der Waals surface area contributed by atoms with Gasteiger partial charge in [0.15, 0.2) is 0 Å². The summed E-state index contributed by atoms with van der Waals surface area (Å²) in [7, 11) is 0. The standard InChI is InChI=1S/C15H17NO2/c16-12-13-6-4-5-9-15(13)18-11-10-17-14-7-2-1-3-8-14/h1-9H,10-12,16H2. The summed E-state index contributed by atoms with van der Waals surface area (Å²) >= 11 is 0. The van der Waals surface area contributed by atoms with Crippen LogP contribution in [0, 0.1) is 0 Å². The highest BCUT2D eigenvalue weighted by molar-refractivity contribution is 5.32. The third kappa shape index (κ3) is 3.50. The molecule has 0 saturated heterocycles. The molecule has 0 amide bonds. The van der Waals surface area contributed by atoms with Crippen molar-refractivity contribution in [2.24, 2.45) is 5.73 Å². The van der Waals surface area contributed by atoms with Gasteiger partial charge in [-0.05, 0) is 18.2 Å². The Morgan fingerprint density at radius 1 is 0.778 bits per heavy atom. The van der Waals surface area contributed by atoms with Crippen LogP contribution < -0.4 is 15.2 Å². The van der Waals surface area contributed by atoms with Crippen LogP contribution in [0.1, 0.15) is 5.56 Å². The molecule has 0 fully saturated rings. The number of hydrogen-bond acceptors (Lipinski definition) is 3. The largest absolute Gasteiger partial charge is 0.490 e. The summed E-state index contributed by atoms with van der Waals surface area (Å²) in [6.07, 6.45) is 0. The van der Waals surface area contributed by atoms with Crippen LogP contribution >= 0.6 is 0 Å². The van der Waals surface area contributed by atoms with Crippen molar-refractivity contribution in [2.45, 2.75) is 6.54 Å². The van der Waals surface area contributed by atoms with E-state index in [1.54, 1.807) is 0 Å². The second-order valence-electron chi connectivity index (χ2n) is 3.82. The molecule has 0 radical (unpaired) electrons. The Morgan fingerprint density at radius 3 is 2.22 bits per heavy atom. The van der Waals surface area contributed by atoms with Crippen molar-refractivity contribution in [1.29, 1.82) is 0 Å². The van der Waals surface area contributed by atoms with E-state index < -0.39 is 0 Å². The molecule has 0 bridgehead atoms. The number of rotatable bonds is 6. The lowest BCUT2D eigenvalue weighted by Gasteiger charge is -2.11. The predicted octanol–water partition coefficient (Wildman–Crippen LogP) is 2.60. The first-order chi connectivity index (χ1) is 8.90. The first-order valence-corrected chi connectivity index (χ1v) is 5.99. The van der Waals surface area contributed by atoms with Crippen molar-refractivity contribution in [2.75, 3.05) is 13.2 Å². The second-order valence-corrected chi connectivity index (χ2v) is 3.82. The third-order valence-corrected chi connectivity index (χ3v) is 2.55. The Morgan fingerprint density at radius 2 is 1.44 bits per heavy atom. The molecule has 0 aromatic heterocycles. The highest BCUT2D eigenvalue weighted by Crippen LogP contribution is 2.17. The van der Waals surface area contributed by atoms with Crippen molar-refractivity contribution in [3.05, 3.63) is 60.2 Å². The van der Waals surface area contributed by atoms with E-state index in [9.17, 15) is 0 Å². The number of benzene rings is 2. The zero-order valence-corrected chi connectivity index (χ0v) is 10.2. The van der Waals surface area contributed by atoms with Gasteiger partial charge in [0, 0.05) is 12.1 Å². The minimum Gasteiger partial charge on any atom is -0.490 e. The molecule has 18 heavy (non-hydrogen) atoms. The fourth-order valence-electron chi connectivity index (χ4n) is 1.64. The topological polar surface area (TPSA) is 44.5 Å². The predicted molar refractivity (Wildman–Crippen MR) is 71.8 cm³/mol. The van der Waals surface area contributed by atoms with Gasteiger partial charge in [0.05, 0.1) is 0 Å². The number of ether oxygens (including phenoxy) is 2. The minimum atomic E-state index is 0.482. The molecule has 2 N–H and O–H groups in total. The first kappa shape index (κ1) is 12.5. The van der Waals surface area contributed by atoms with Crippen molar-refractivity contribution in [3.8, 4) is 11.5 Å². The molecule has 2 aromatic carbocycles. The van der Waals surface area contributed by atoms with E-state index >= 15 is 0 Å². The number of nitrogens with two attached hydrogens (primary N) is 1. The van der Waals surface area contributed by atoms with Crippen LogP contribution in [-0.4, -0.2) is 13.2 Å². The van der Waals surface area contributed by atoms with Gasteiger partial charge < -0.3 is 15.2 Å². The van der Waals surface area contributed by atoms with Gasteiger partial charge in [-0.1, -0.05) is 36.4 Å². The first-order valence-electron chi connectivity index (χ1n) is 5.99. The maximum atomic E-state index is 5.64. The number of para-hydroxylation sites is 2. The van der Waals surface area contributed by atoms with Gasteiger partial charge in [-0.15, -0.1) is 0 Å². The third-order valence-electron chi connectivity index (χ3n) is 2.55. The highest BCUT2D eigenvalue weighted by atomic mass is 16.5. The molecule has 2 aromatic rings. The molecular weight excluding hydrogens is 226 g/mol. The van der Waals surface area contributed by atoms with Gasteiger partial charge >= 0.3 is 0 Å². The monoisotopic (exact) mass is 243 g/mol. The van der Waals surface area contributed by atoms with E-state index in [1.807, 2.05) is 54.6 Å². The zero-order chi connectivity index (χ0) is 12.6. The maximum absolute atomic E-state index is 5.64. The average molecular weight is 243 g/mol. The van der Waals surface area contributed by atoms with E-state index in [2.05, 4.69) is 0 Å². The number of hydrogen-bond donors (Lipinski definition) is 1. The van der Waals surface area contributed by atoms with Crippen molar-refractivity contribution in [1.82, 2.24) is 0 Å². The lowest BCUT2D eigenvalue weighted by Crippen LogP contribution is -2.10. The molecule has 0 heterocycles. The van der Waals surface area contributed by atoms with Crippen LogP contribution in [0.4, 0.5) is 0 Å². The molecule has 0 saturated carbocycles. The molecular formula is C15H17NO2.